The van der Waals surface area contributed by atoms with E-state index in [2.05, 4.69) is 9.97 Å². The molecule has 0 bridgehead atoms. The molecule has 6 nitrogen and oxygen atoms in total. The number of aromatic nitrogens is 2. The van der Waals surface area contributed by atoms with Crippen LogP contribution in [-0.2, 0) is 9.53 Å². The lowest BCUT2D eigenvalue weighted by Crippen LogP contribution is -2.05. The smallest absolute Gasteiger partial charge is 0.305 e. The van der Waals surface area contributed by atoms with Gasteiger partial charge in [-0.3, -0.25) is 4.79 Å². The zero-order valence-corrected chi connectivity index (χ0v) is 14.8. The Morgan fingerprint density at radius 1 is 1.15 bits per heavy atom. The maximum absolute atomic E-state index is 11.3. The molecule has 136 valence electrons. The Morgan fingerprint density at radius 3 is 2.73 bits per heavy atom. The van der Waals surface area contributed by atoms with Gasteiger partial charge in [0.15, 0.2) is 0 Å². The van der Waals surface area contributed by atoms with Crippen molar-refractivity contribution in [2.75, 3.05) is 18.9 Å². The number of nitrogens with zero attached hydrogens (tertiary/aromatic N) is 1. The molecule has 0 saturated heterocycles. The van der Waals surface area contributed by atoms with Crippen molar-refractivity contribution in [1.29, 1.82) is 0 Å². The summed E-state index contributed by atoms with van der Waals surface area (Å²) in [5, 5.41) is 0. The molecule has 0 unspecified atom stereocenters. The molecule has 26 heavy (non-hydrogen) atoms. The van der Waals surface area contributed by atoms with Gasteiger partial charge in [-0.2, -0.15) is 0 Å². The monoisotopic (exact) mass is 353 g/mol. The summed E-state index contributed by atoms with van der Waals surface area (Å²) in [5.74, 6) is 1.45. The number of nitrogens with two attached hydrogens (primary N) is 1. The Hall–Kier alpha value is -3.02. The van der Waals surface area contributed by atoms with Gasteiger partial charge in [0.1, 0.15) is 11.6 Å². The third kappa shape index (κ3) is 4.53. The lowest BCUT2D eigenvalue weighted by atomic mass is 10.2. The van der Waals surface area contributed by atoms with Gasteiger partial charge in [0.25, 0.3) is 0 Å². The van der Waals surface area contributed by atoms with E-state index in [1.165, 1.54) is 0 Å². The molecule has 2 aromatic carbocycles. The Labute approximate surface area is 152 Å². The summed E-state index contributed by atoms with van der Waals surface area (Å²) in [4.78, 5) is 19.1. The Morgan fingerprint density at radius 2 is 1.96 bits per heavy atom. The number of hydrogen-bond donors (Lipinski definition) is 2. The van der Waals surface area contributed by atoms with Gasteiger partial charge < -0.3 is 20.2 Å². The molecule has 3 N–H and O–H groups in total. The summed E-state index contributed by atoms with van der Waals surface area (Å²) in [5.41, 5.74) is 9.29. The Balaban J connectivity index is 1.52. The zero-order valence-electron chi connectivity index (χ0n) is 14.8. The van der Waals surface area contributed by atoms with Gasteiger partial charge in [0.05, 0.1) is 24.2 Å². The number of esters is 1. The van der Waals surface area contributed by atoms with Crippen molar-refractivity contribution >= 4 is 22.7 Å². The van der Waals surface area contributed by atoms with Gasteiger partial charge in [0.2, 0.25) is 0 Å². The van der Waals surface area contributed by atoms with Crippen LogP contribution in [0.15, 0.2) is 42.5 Å². The highest BCUT2D eigenvalue weighted by Gasteiger charge is 2.06. The number of hydrogen-bond acceptors (Lipinski definition) is 5. The highest BCUT2D eigenvalue weighted by atomic mass is 16.5. The molecule has 0 saturated carbocycles. The standard InChI is InChI=1S/C20H23N3O3/c1-2-25-19(24)5-3-4-12-26-16-9-6-14(7-10-16)20-22-17-11-8-15(21)13-18(17)23-20/h6-11,13H,2-5,12,21H2,1H3,(H,22,23). The van der Waals surface area contributed by atoms with E-state index >= 15 is 0 Å². The molecule has 3 aromatic rings. The van der Waals surface area contributed by atoms with Crippen LogP contribution >= 0.6 is 0 Å². The van der Waals surface area contributed by atoms with E-state index in [0.717, 1.165) is 41.0 Å². The lowest BCUT2D eigenvalue weighted by molar-refractivity contribution is -0.143. The largest absolute Gasteiger partial charge is 0.494 e. The second kappa shape index (κ2) is 8.38. The minimum absolute atomic E-state index is 0.149. The number of carbonyl (C=O) groups excluding carboxylic acids is 1. The first kappa shape index (κ1) is 17.8. The number of anilines is 1. The molecule has 3 rings (SSSR count). The van der Waals surface area contributed by atoms with Gasteiger partial charge in [0, 0.05) is 17.7 Å². The summed E-state index contributed by atoms with van der Waals surface area (Å²) in [6, 6.07) is 13.4. The number of aromatic amines is 1. The molecule has 1 heterocycles. The predicted octanol–water partition coefficient (Wildman–Crippen LogP) is 3.92. The van der Waals surface area contributed by atoms with Gasteiger partial charge in [-0.1, -0.05) is 0 Å². The highest BCUT2D eigenvalue weighted by Crippen LogP contribution is 2.24. The van der Waals surface area contributed by atoms with Crippen molar-refractivity contribution in [1.82, 2.24) is 9.97 Å². The number of imidazole rings is 1. The zero-order chi connectivity index (χ0) is 18.4. The fourth-order valence-corrected chi connectivity index (χ4v) is 2.67. The van der Waals surface area contributed by atoms with E-state index in [0.29, 0.717) is 25.3 Å². The maximum Gasteiger partial charge on any atom is 0.305 e. The summed E-state index contributed by atoms with van der Waals surface area (Å²) in [6.45, 7) is 2.81. The van der Waals surface area contributed by atoms with E-state index < -0.39 is 0 Å². The predicted molar refractivity (Wildman–Crippen MR) is 102 cm³/mol. The molecule has 0 atom stereocenters. The minimum atomic E-state index is -0.149. The van der Waals surface area contributed by atoms with Crippen molar-refractivity contribution in [2.24, 2.45) is 0 Å². The van der Waals surface area contributed by atoms with Gasteiger partial charge >= 0.3 is 5.97 Å². The number of fused-ring (bicyclic) bond motifs is 1. The third-order valence-corrected chi connectivity index (χ3v) is 3.98. The van der Waals surface area contributed by atoms with Crippen LogP contribution < -0.4 is 10.5 Å². The molecule has 0 aliphatic carbocycles. The quantitative estimate of drug-likeness (QED) is 0.364. The third-order valence-electron chi connectivity index (χ3n) is 3.98. The second-order valence-electron chi connectivity index (χ2n) is 6.00. The minimum Gasteiger partial charge on any atom is -0.494 e. The van der Waals surface area contributed by atoms with Crippen LogP contribution in [0.5, 0.6) is 5.75 Å². The van der Waals surface area contributed by atoms with Crippen molar-refractivity contribution in [2.45, 2.75) is 26.2 Å². The Bertz CT molecular complexity index is 872. The summed E-state index contributed by atoms with van der Waals surface area (Å²) in [6.07, 6.45) is 2.01. The molecular weight excluding hydrogens is 330 g/mol. The van der Waals surface area contributed by atoms with Gasteiger partial charge in [-0.25, -0.2) is 4.98 Å². The van der Waals surface area contributed by atoms with Crippen molar-refractivity contribution in [3.8, 4) is 17.1 Å². The summed E-state index contributed by atoms with van der Waals surface area (Å²) < 4.78 is 10.6. The number of benzene rings is 2. The van der Waals surface area contributed by atoms with E-state index in [4.69, 9.17) is 15.2 Å². The average molecular weight is 353 g/mol. The molecule has 0 fully saturated rings. The molecule has 6 heteroatoms. The maximum atomic E-state index is 11.3. The SMILES string of the molecule is CCOC(=O)CCCCOc1ccc(-c2nc3ccc(N)cc3[nH]2)cc1. The molecule has 0 spiro atoms. The van der Waals surface area contributed by atoms with Crippen LogP contribution in [-0.4, -0.2) is 29.2 Å². The normalized spacial score (nSPS) is 10.8. The van der Waals surface area contributed by atoms with Crippen molar-refractivity contribution in [3.63, 3.8) is 0 Å². The lowest BCUT2D eigenvalue weighted by Gasteiger charge is -2.06. The fourth-order valence-electron chi connectivity index (χ4n) is 2.67. The van der Waals surface area contributed by atoms with Crippen LogP contribution in [0.2, 0.25) is 0 Å². The number of unbranched alkanes of at least 4 members (excludes halogenated alkanes) is 1. The topological polar surface area (TPSA) is 90.2 Å². The van der Waals surface area contributed by atoms with Crippen LogP contribution in [0.1, 0.15) is 26.2 Å². The Kier molecular flexibility index (Phi) is 5.73. The first-order valence-corrected chi connectivity index (χ1v) is 8.80. The number of nitrogens with one attached hydrogen (secondary N) is 1. The van der Waals surface area contributed by atoms with Crippen LogP contribution in [0.25, 0.3) is 22.4 Å². The summed E-state index contributed by atoms with van der Waals surface area (Å²) in [7, 11) is 0. The van der Waals surface area contributed by atoms with E-state index in [1.807, 2.05) is 49.4 Å². The van der Waals surface area contributed by atoms with Crippen molar-refractivity contribution < 1.29 is 14.3 Å². The van der Waals surface area contributed by atoms with Gasteiger partial charge in [-0.15, -0.1) is 0 Å². The molecule has 1 aromatic heterocycles. The van der Waals surface area contributed by atoms with Gasteiger partial charge in [-0.05, 0) is 62.2 Å². The van der Waals surface area contributed by atoms with Crippen LogP contribution in [0.4, 0.5) is 5.69 Å². The van der Waals surface area contributed by atoms with Crippen LogP contribution in [0, 0.1) is 0 Å². The number of carbonyl (C=O) groups is 1. The van der Waals surface area contributed by atoms with E-state index in [1.54, 1.807) is 0 Å². The second-order valence-corrected chi connectivity index (χ2v) is 6.00. The molecule has 0 aliphatic rings. The van der Waals surface area contributed by atoms with Crippen molar-refractivity contribution in [3.05, 3.63) is 42.5 Å². The summed E-state index contributed by atoms with van der Waals surface area (Å²) >= 11 is 0. The fraction of sp³-hybridized carbons (Fsp3) is 0.300. The average Bonchev–Trinajstić information content (AvgIpc) is 3.05. The number of nitrogen functional groups attached to an aromatic ring is 1. The van der Waals surface area contributed by atoms with E-state index in [-0.39, 0.29) is 5.97 Å². The van der Waals surface area contributed by atoms with E-state index in [9.17, 15) is 4.79 Å². The molecular formula is C20H23N3O3. The molecule has 0 radical (unpaired) electrons. The number of rotatable bonds is 8. The number of H-pyrrole nitrogens is 1. The number of ether oxygens (including phenoxy) is 2. The molecule has 0 amide bonds. The first-order chi connectivity index (χ1) is 12.7. The first-order valence-electron chi connectivity index (χ1n) is 8.80. The highest BCUT2D eigenvalue weighted by molar-refractivity contribution is 5.82. The molecule has 0 aliphatic heterocycles. The van der Waals surface area contributed by atoms with Crippen LogP contribution in [0.3, 0.4) is 0 Å².